The number of hydrogen-bond acceptors (Lipinski definition) is 6. The minimum atomic E-state index is -1.22. The van der Waals surface area contributed by atoms with Crippen molar-refractivity contribution in [1.82, 2.24) is 15.1 Å². The molecule has 0 bridgehead atoms. The van der Waals surface area contributed by atoms with Crippen molar-refractivity contribution in [1.29, 1.82) is 0 Å². The zero-order valence-electron chi connectivity index (χ0n) is 15.3. The number of carbonyl (C=O) groups excluding carboxylic acids is 2. The Morgan fingerprint density at radius 2 is 2.04 bits per heavy atom. The van der Waals surface area contributed by atoms with E-state index in [1.807, 2.05) is 0 Å². The maximum Gasteiger partial charge on any atom is 0.356 e. The first-order valence-corrected chi connectivity index (χ1v) is 8.75. The van der Waals surface area contributed by atoms with Crippen LogP contribution >= 0.6 is 0 Å². The zero-order valence-corrected chi connectivity index (χ0v) is 15.3. The molecule has 26 heavy (non-hydrogen) atoms. The van der Waals surface area contributed by atoms with Gasteiger partial charge in [-0.05, 0) is 6.92 Å². The fourth-order valence-corrected chi connectivity index (χ4v) is 4.15. The molecule has 3 aliphatic rings. The molecule has 0 radical (unpaired) electrons. The largest absolute Gasteiger partial charge is 0.491 e. The second kappa shape index (κ2) is 6.55. The first-order valence-electron chi connectivity index (χ1n) is 8.75. The van der Waals surface area contributed by atoms with Crippen molar-refractivity contribution in [2.24, 2.45) is 11.8 Å². The molecule has 3 rings (SSSR count). The molecule has 0 unspecified atom stereocenters. The standard InChI is InChI=1S/C17H25N3O6/c1-7-12-11(8(2)21)16(23)20(12)13(17(24)25)14(7)26-9-5-10(18-6-9)15(22)19(3)4/h7-12,18,21H,5-6H2,1-4H3,(H,24,25)/t7-,8-,9+,10+,11-,12+/m1/s1. The van der Waals surface area contributed by atoms with Gasteiger partial charge in [-0.3, -0.25) is 14.5 Å². The molecular formula is C17H25N3O6. The number of likely N-dealkylation sites (N-methyl/N-ethyl adjacent to an activating group) is 1. The highest BCUT2D eigenvalue weighted by Crippen LogP contribution is 2.47. The summed E-state index contributed by atoms with van der Waals surface area (Å²) in [7, 11) is 3.35. The first kappa shape index (κ1) is 18.7. The molecule has 2 saturated heterocycles. The number of fused-ring (bicyclic) bond motifs is 1. The highest BCUT2D eigenvalue weighted by Gasteiger charge is 2.61. The van der Waals surface area contributed by atoms with Gasteiger partial charge in [-0.15, -0.1) is 0 Å². The molecule has 0 aliphatic carbocycles. The molecule has 0 saturated carbocycles. The average Bonchev–Trinajstić information content (AvgIpc) is 3.09. The third-order valence-corrected chi connectivity index (χ3v) is 5.43. The number of aliphatic hydroxyl groups is 1. The average molecular weight is 367 g/mol. The SMILES string of the molecule is C[C@@H](O)[C@H]1C(=O)N2C(C(=O)O)=C(O[C@@H]3CN[C@H](C(=O)N(C)C)C3)[C@H](C)[C@@H]12. The van der Waals surface area contributed by atoms with Crippen molar-refractivity contribution < 1.29 is 29.3 Å². The minimum Gasteiger partial charge on any atom is -0.491 e. The summed E-state index contributed by atoms with van der Waals surface area (Å²) in [6.45, 7) is 3.76. The van der Waals surface area contributed by atoms with Gasteiger partial charge in [0.1, 0.15) is 11.9 Å². The van der Waals surface area contributed by atoms with E-state index < -0.39 is 29.9 Å². The minimum absolute atomic E-state index is 0.0591. The van der Waals surface area contributed by atoms with E-state index >= 15 is 0 Å². The lowest BCUT2D eigenvalue weighted by Crippen LogP contribution is -2.63. The van der Waals surface area contributed by atoms with Gasteiger partial charge >= 0.3 is 5.97 Å². The summed E-state index contributed by atoms with van der Waals surface area (Å²) in [5, 5.41) is 22.5. The molecule has 2 fully saturated rings. The lowest BCUT2D eigenvalue weighted by Gasteiger charge is -2.46. The summed E-state index contributed by atoms with van der Waals surface area (Å²) < 4.78 is 5.97. The molecule has 0 aromatic heterocycles. The van der Waals surface area contributed by atoms with Crippen LogP contribution in [0.25, 0.3) is 0 Å². The second-order valence-corrected chi connectivity index (χ2v) is 7.44. The molecule has 9 nitrogen and oxygen atoms in total. The number of carbonyl (C=O) groups is 3. The molecule has 0 spiro atoms. The van der Waals surface area contributed by atoms with Crippen LogP contribution in [0.15, 0.2) is 11.5 Å². The summed E-state index contributed by atoms with van der Waals surface area (Å²) in [5.74, 6) is -2.37. The van der Waals surface area contributed by atoms with Crippen LogP contribution in [0.5, 0.6) is 0 Å². The summed E-state index contributed by atoms with van der Waals surface area (Å²) in [6.07, 6.45) is -0.774. The fraction of sp³-hybridized carbons (Fsp3) is 0.706. The molecule has 6 atom stereocenters. The third kappa shape index (κ3) is 2.75. The third-order valence-electron chi connectivity index (χ3n) is 5.43. The molecule has 9 heteroatoms. The monoisotopic (exact) mass is 367 g/mol. The lowest BCUT2D eigenvalue weighted by molar-refractivity contribution is -0.163. The van der Waals surface area contributed by atoms with E-state index in [9.17, 15) is 24.6 Å². The number of amides is 2. The lowest BCUT2D eigenvalue weighted by atomic mass is 9.79. The Kier molecular flexibility index (Phi) is 4.70. The van der Waals surface area contributed by atoms with Gasteiger partial charge in [0, 0.05) is 33.0 Å². The maximum atomic E-state index is 12.3. The molecule has 3 N–H and O–H groups in total. The van der Waals surface area contributed by atoms with Crippen molar-refractivity contribution in [2.45, 2.75) is 44.6 Å². The molecule has 144 valence electrons. The summed E-state index contributed by atoms with van der Waals surface area (Å²) >= 11 is 0. The summed E-state index contributed by atoms with van der Waals surface area (Å²) in [6, 6.07) is -0.776. The second-order valence-electron chi connectivity index (χ2n) is 7.44. The number of nitrogens with one attached hydrogen (secondary N) is 1. The van der Waals surface area contributed by atoms with Crippen LogP contribution in [0.4, 0.5) is 0 Å². The van der Waals surface area contributed by atoms with Gasteiger partial charge in [-0.25, -0.2) is 4.79 Å². The Hall–Kier alpha value is -2.13. The van der Waals surface area contributed by atoms with Crippen molar-refractivity contribution >= 4 is 17.8 Å². The van der Waals surface area contributed by atoms with Crippen molar-refractivity contribution in [3.8, 4) is 0 Å². The van der Waals surface area contributed by atoms with E-state index in [4.69, 9.17) is 4.74 Å². The predicted molar refractivity (Wildman–Crippen MR) is 89.6 cm³/mol. The number of aliphatic hydroxyl groups excluding tert-OH is 1. The molecule has 0 aromatic carbocycles. The Bertz CT molecular complexity index is 673. The number of carboxylic acids is 1. The van der Waals surface area contributed by atoms with E-state index in [2.05, 4.69) is 5.32 Å². The van der Waals surface area contributed by atoms with E-state index in [-0.39, 0.29) is 35.4 Å². The number of rotatable bonds is 5. The number of β-lactam (4-membered cyclic amide) rings is 1. The van der Waals surface area contributed by atoms with Crippen molar-refractivity contribution in [3.63, 3.8) is 0 Å². The van der Waals surface area contributed by atoms with E-state index in [1.54, 1.807) is 21.0 Å². The van der Waals surface area contributed by atoms with Crippen LogP contribution in [0.1, 0.15) is 20.3 Å². The number of hydrogen-bond donors (Lipinski definition) is 3. The summed E-state index contributed by atoms with van der Waals surface area (Å²) in [4.78, 5) is 38.8. The van der Waals surface area contributed by atoms with Gasteiger partial charge in [0.05, 0.1) is 24.1 Å². The maximum absolute atomic E-state index is 12.3. The smallest absolute Gasteiger partial charge is 0.356 e. The topological polar surface area (TPSA) is 119 Å². The molecular weight excluding hydrogens is 342 g/mol. The Labute approximate surface area is 151 Å². The highest BCUT2D eigenvalue weighted by molar-refractivity contribution is 5.99. The van der Waals surface area contributed by atoms with Crippen LogP contribution in [0.3, 0.4) is 0 Å². The van der Waals surface area contributed by atoms with Crippen molar-refractivity contribution in [3.05, 3.63) is 11.5 Å². The van der Waals surface area contributed by atoms with Crippen LogP contribution in [-0.4, -0.2) is 82.7 Å². The predicted octanol–water partition coefficient (Wildman–Crippen LogP) is -1.02. The van der Waals surface area contributed by atoms with E-state index in [0.29, 0.717) is 13.0 Å². The van der Waals surface area contributed by atoms with Crippen LogP contribution < -0.4 is 5.32 Å². The normalized spacial score (nSPS) is 34.4. The Morgan fingerprint density at radius 1 is 1.38 bits per heavy atom. The van der Waals surface area contributed by atoms with Gasteiger partial charge in [0.25, 0.3) is 0 Å². The number of nitrogens with zero attached hydrogens (tertiary/aromatic N) is 2. The van der Waals surface area contributed by atoms with Crippen molar-refractivity contribution in [2.75, 3.05) is 20.6 Å². The quantitative estimate of drug-likeness (QED) is 0.532. The number of ether oxygens (including phenoxy) is 1. The molecule has 0 aromatic rings. The van der Waals surface area contributed by atoms with Gasteiger partial charge < -0.3 is 25.2 Å². The molecule has 3 heterocycles. The summed E-state index contributed by atoms with van der Waals surface area (Å²) in [5.41, 5.74) is -0.146. The molecule has 3 aliphatic heterocycles. The van der Waals surface area contributed by atoms with Crippen LogP contribution in [-0.2, 0) is 19.1 Å². The number of carboxylic acid groups (broad SMARTS) is 1. The van der Waals surface area contributed by atoms with E-state index in [1.165, 1.54) is 16.7 Å². The Morgan fingerprint density at radius 3 is 2.58 bits per heavy atom. The zero-order chi connectivity index (χ0) is 19.3. The Balaban J connectivity index is 1.78. The highest BCUT2D eigenvalue weighted by atomic mass is 16.5. The van der Waals surface area contributed by atoms with Gasteiger partial charge in [0.15, 0.2) is 5.70 Å². The van der Waals surface area contributed by atoms with Crippen LogP contribution in [0, 0.1) is 11.8 Å². The van der Waals surface area contributed by atoms with Gasteiger partial charge in [-0.2, -0.15) is 0 Å². The van der Waals surface area contributed by atoms with Gasteiger partial charge in [-0.1, -0.05) is 6.92 Å². The first-order chi connectivity index (χ1) is 12.1. The van der Waals surface area contributed by atoms with Gasteiger partial charge in [0.2, 0.25) is 11.8 Å². The number of aliphatic carboxylic acids is 1. The fourth-order valence-electron chi connectivity index (χ4n) is 4.15. The van der Waals surface area contributed by atoms with Crippen LogP contribution in [0.2, 0.25) is 0 Å². The molecule has 2 amide bonds. The van der Waals surface area contributed by atoms with E-state index in [0.717, 1.165) is 0 Å².